The Balaban J connectivity index is 1.70. The Morgan fingerprint density at radius 1 is 1.11 bits per heavy atom. The molecule has 4 rings (SSSR count). The Morgan fingerprint density at radius 2 is 1.89 bits per heavy atom. The maximum Gasteiger partial charge on any atom is 0.226 e. The molecular formula is C19H21N5O3. The zero-order valence-corrected chi connectivity index (χ0v) is 15.6. The van der Waals surface area contributed by atoms with Crippen LogP contribution in [0.25, 0.3) is 22.8 Å². The minimum Gasteiger partial charge on any atom is -0.460 e. The number of rotatable bonds is 3. The summed E-state index contributed by atoms with van der Waals surface area (Å²) in [5.74, 6) is 2.77. The van der Waals surface area contributed by atoms with Crippen LogP contribution < -0.4 is 4.90 Å². The van der Waals surface area contributed by atoms with E-state index < -0.39 is 0 Å². The number of hydrogen-bond acceptors (Lipinski definition) is 7. The van der Waals surface area contributed by atoms with Crippen LogP contribution in [0.5, 0.6) is 0 Å². The summed E-state index contributed by atoms with van der Waals surface area (Å²) >= 11 is 0. The number of carbonyl (C=O) groups is 1. The fourth-order valence-electron chi connectivity index (χ4n) is 3.17. The van der Waals surface area contributed by atoms with Gasteiger partial charge >= 0.3 is 0 Å². The van der Waals surface area contributed by atoms with E-state index in [1.165, 1.54) is 0 Å². The Hall–Kier alpha value is -3.16. The predicted molar refractivity (Wildman–Crippen MR) is 99.2 cm³/mol. The highest BCUT2D eigenvalue weighted by atomic mass is 16.5. The van der Waals surface area contributed by atoms with Crippen molar-refractivity contribution in [2.45, 2.75) is 20.8 Å². The van der Waals surface area contributed by atoms with E-state index in [2.05, 4.69) is 15.0 Å². The van der Waals surface area contributed by atoms with Crippen LogP contribution in [0.4, 0.5) is 5.95 Å². The van der Waals surface area contributed by atoms with Gasteiger partial charge in [0.15, 0.2) is 11.5 Å². The van der Waals surface area contributed by atoms with Gasteiger partial charge in [-0.25, -0.2) is 9.97 Å². The molecule has 140 valence electrons. The molecule has 1 saturated heterocycles. The molecule has 1 fully saturated rings. The molecule has 0 unspecified atom stereocenters. The van der Waals surface area contributed by atoms with Gasteiger partial charge in [-0.1, -0.05) is 5.16 Å². The molecule has 1 amide bonds. The highest BCUT2D eigenvalue weighted by Crippen LogP contribution is 2.33. The second-order valence-electron chi connectivity index (χ2n) is 6.67. The van der Waals surface area contributed by atoms with E-state index >= 15 is 0 Å². The van der Waals surface area contributed by atoms with E-state index in [0.717, 1.165) is 17.0 Å². The molecule has 0 saturated carbocycles. The number of anilines is 1. The number of carbonyl (C=O) groups excluding carboxylic acids is 1. The van der Waals surface area contributed by atoms with Crippen LogP contribution in [0.2, 0.25) is 0 Å². The van der Waals surface area contributed by atoms with Crippen molar-refractivity contribution in [2.75, 3.05) is 31.1 Å². The number of piperazine rings is 1. The fourth-order valence-corrected chi connectivity index (χ4v) is 3.17. The van der Waals surface area contributed by atoms with E-state index in [9.17, 15) is 4.79 Å². The number of aryl methyl sites for hydroxylation is 2. The lowest BCUT2D eigenvalue weighted by Gasteiger charge is -2.34. The maximum atomic E-state index is 11.5. The van der Waals surface area contributed by atoms with Crippen molar-refractivity contribution in [1.29, 1.82) is 0 Å². The third-order valence-corrected chi connectivity index (χ3v) is 4.65. The number of nitrogens with zero attached hydrogens (tertiary/aromatic N) is 5. The van der Waals surface area contributed by atoms with Crippen molar-refractivity contribution in [3.63, 3.8) is 0 Å². The standard InChI is InChI=1S/C19H21N5O3/c1-12-10-17(27-22-12)15-11-20-19(21-18(15)16-5-4-13(2)26-16)24-8-6-23(7-9-24)14(3)25/h4-5,10-11H,6-9H2,1-3H3. The van der Waals surface area contributed by atoms with E-state index in [4.69, 9.17) is 13.9 Å². The Kier molecular flexibility index (Phi) is 4.39. The van der Waals surface area contributed by atoms with Crippen molar-refractivity contribution >= 4 is 11.9 Å². The van der Waals surface area contributed by atoms with Crippen LogP contribution in [0.1, 0.15) is 18.4 Å². The van der Waals surface area contributed by atoms with Crippen LogP contribution in [0.3, 0.4) is 0 Å². The summed E-state index contributed by atoms with van der Waals surface area (Å²) in [5, 5.41) is 3.96. The summed E-state index contributed by atoms with van der Waals surface area (Å²) in [4.78, 5) is 24.7. The van der Waals surface area contributed by atoms with Crippen LogP contribution in [0.15, 0.2) is 33.3 Å². The van der Waals surface area contributed by atoms with Gasteiger partial charge < -0.3 is 18.7 Å². The number of amides is 1. The SMILES string of the molecule is CC(=O)N1CCN(c2ncc(-c3cc(C)no3)c(-c3ccc(C)o3)n2)CC1. The average molecular weight is 367 g/mol. The number of aromatic nitrogens is 3. The van der Waals surface area contributed by atoms with E-state index in [1.54, 1.807) is 13.1 Å². The second kappa shape index (κ2) is 6.86. The molecule has 0 bridgehead atoms. The minimum atomic E-state index is 0.0957. The molecular weight excluding hydrogens is 346 g/mol. The van der Waals surface area contributed by atoms with Gasteiger partial charge in [0.05, 0.1) is 11.3 Å². The first-order valence-corrected chi connectivity index (χ1v) is 8.89. The summed E-state index contributed by atoms with van der Waals surface area (Å²) in [7, 11) is 0. The molecule has 0 spiro atoms. The van der Waals surface area contributed by atoms with Crippen molar-refractivity contribution in [2.24, 2.45) is 0 Å². The zero-order chi connectivity index (χ0) is 19.0. The molecule has 8 heteroatoms. The Morgan fingerprint density at radius 3 is 2.48 bits per heavy atom. The first kappa shape index (κ1) is 17.3. The first-order valence-electron chi connectivity index (χ1n) is 8.89. The molecule has 4 heterocycles. The largest absolute Gasteiger partial charge is 0.460 e. The van der Waals surface area contributed by atoms with Crippen LogP contribution in [-0.2, 0) is 4.79 Å². The minimum absolute atomic E-state index is 0.0957. The highest BCUT2D eigenvalue weighted by molar-refractivity contribution is 5.76. The molecule has 0 N–H and O–H groups in total. The average Bonchev–Trinajstić information content (AvgIpc) is 3.29. The quantitative estimate of drug-likeness (QED) is 0.703. The van der Waals surface area contributed by atoms with Crippen LogP contribution in [-0.4, -0.2) is 52.1 Å². The summed E-state index contributed by atoms with van der Waals surface area (Å²) < 4.78 is 11.2. The van der Waals surface area contributed by atoms with Crippen molar-refractivity contribution in [3.8, 4) is 22.8 Å². The van der Waals surface area contributed by atoms with Gasteiger partial charge in [0.1, 0.15) is 11.5 Å². The Bertz CT molecular complexity index is 969. The van der Waals surface area contributed by atoms with Gasteiger partial charge in [0, 0.05) is 45.4 Å². The lowest BCUT2D eigenvalue weighted by molar-refractivity contribution is -0.129. The molecule has 0 atom stereocenters. The van der Waals surface area contributed by atoms with Gasteiger partial charge in [-0.05, 0) is 26.0 Å². The van der Waals surface area contributed by atoms with Gasteiger partial charge in [-0.3, -0.25) is 4.79 Å². The normalized spacial score (nSPS) is 14.6. The van der Waals surface area contributed by atoms with Gasteiger partial charge in [0.2, 0.25) is 11.9 Å². The topological polar surface area (TPSA) is 88.5 Å². The van der Waals surface area contributed by atoms with E-state index in [0.29, 0.717) is 49.3 Å². The smallest absolute Gasteiger partial charge is 0.226 e. The molecule has 27 heavy (non-hydrogen) atoms. The summed E-state index contributed by atoms with van der Waals surface area (Å²) in [5.41, 5.74) is 2.19. The number of hydrogen-bond donors (Lipinski definition) is 0. The van der Waals surface area contributed by atoms with E-state index in [1.807, 2.05) is 36.9 Å². The summed E-state index contributed by atoms with van der Waals surface area (Å²) in [6.45, 7) is 8.07. The van der Waals surface area contributed by atoms with Crippen LogP contribution >= 0.6 is 0 Å². The molecule has 1 aliphatic rings. The highest BCUT2D eigenvalue weighted by Gasteiger charge is 2.23. The second-order valence-corrected chi connectivity index (χ2v) is 6.67. The molecule has 1 aliphatic heterocycles. The molecule has 0 radical (unpaired) electrons. The van der Waals surface area contributed by atoms with Crippen molar-refractivity contribution in [3.05, 3.63) is 35.9 Å². The molecule has 8 nitrogen and oxygen atoms in total. The monoisotopic (exact) mass is 367 g/mol. The van der Waals surface area contributed by atoms with Crippen LogP contribution in [0, 0.1) is 13.8 Å². The third-order valence-electron chi connectivity index (χ3n) is 4.65. The van der Waals surface area contributed by atoms with Gasteiger partial charge in [-0.15, -0.1) is 0 Å². The fraction of sp³-hybridized carbons (Fsp3) is 0.368. The van der Waals surface area contributed by atoms with Crippen molar-refractivity contribution < 1.29 is 13.7 Å². The lowest BCUT2D eigenvalue weighted by Crippen LogP contribution is -2.48. The maximum absolute atomic E-state index is 11.5. The third kappa shape index (κ3) is 3.42. The van der Waals surface area contributed by atoms with E-state index in [-0.39, 0.29) is 5.91 Å². The Labute approximate surface area is 156 Å². The molecule has 0 aliphatic carbocycles. The summed E-state index contributed by atoms with van der Waals surface area (Å²) in [6.07, 6.45) is 1.74. The first-order chi connectivity index (χ1) is 13.0. The summed E-state index contributed by atoms with van der Waals surface area (Å²) in [6, 6.07) is 5.64. The molecule has 3 aromatic heterocycles. The van der Waals surface area contributed by atoms with Gasteiger partial charge in [0.25, 0.3) is 0 Å². The van der Waals surface area contributed by atoms with Crippen molar-refractivity contribution in [1.82, 2.24) is 20.0 Å². The molecule has 0 aromatic carbocycles. The molecule has 3 aromatic rings. The predicted octanol–water partition coefficient (Wildman–Crippen LogP) is 2.68. The van der Waals surface area contributed by atoms with Gasteiger partial charge in [-0.2, -0.15) is 0 Å². The zero-order valence-electron chi connectivity index (χ0n) is 15.6. The number of furan rings is 1. The lowest BCUT2D eigenvalue weighted by atomic mass is 10.1.